The van der Waals surface area contributed by atoms with Crippen LogP contribution in [-0.4, -0.2) is 33.2 Å². The first-order valence-electron chi connectivity index (χ1n) is 9.00. The molecule has 2 rings (SSSR count). The summed E-state index contributed by atoms with van der Waals surface area (Å²) in [6.45, 7) is 6.03. The molecule has 0 saturated carbocycles. The van der Waals surface area contributed by atoms with Crippen LogP contribution in [0, 0.1) is 11.8 Å². The Hall–Kier alpha value is -1.60. The lowest BCUT2D eigenvalue weighted by Crippen LogP contribution is -2.32. The topological polar surface area (TPSA) is 87.3 Å². The molecule has 3 N–H and O–H groups in total. The number of anilines is 2. The first-order valence-corrected chi connectivity index (χ1v) is 10.7. The van der Waals surface area contributed by atoms with Gasteiger partial charge in [-0.05, 0) is 68.5 Å². The van der Waals surface area contributed by atoms with Gasteiger partial charge in [0.1, 0.15) is 0 Å². The van der Waals surface area contributed by atoms with E-state index in [1.807, 2.05) is 6.92 Å². The number of piperidine rings is 1. The molecule has 0 spiro atoms. The van der Waals surface area contributed by atoms with Crippen molar-refractivity contribution in [1.29, 1.82) is 0 Å². The lowest BCUT2D eigenvalue weighted by molar-refractivity contribution is -0.117. The van der Waals surface area contributed by atoms with Crippen molar-refractivity contribution in [2.45, 2.75) is 39.5 Å². The molecule has 1 aromatic rings. The summed E-state index contributed by atoms with van der Waals surface area (Å²) >= 11 is 0. The van der Waals surface area contributed by atoms with Gasteiger partial charge >= 0.3 is 0 Å². The molecule has 1 saturated heterocycles. The molecule has 0 aromatic heterocycles. The van der Waals surface area contributed by atoms with E-state index in [0.717, 1.165) is 25.9 Å². The molecule has 1 unspecified atom stereocenters. The Morgan fingerprint density at radius 3 is 2.40 bits per heavy atom. The summed E-state index contributed by atoms with van der Waals surface area (Å²) in [6, 6.07) is 6.77. The largest absolute Gasteiger partial charge is 0.326 e. The highest BCUT2D eigenvalue weighted by Crippen LogP contribution is 2.25. The molecule has 1 aromatic carbocycles. The monoisotopic (exact) mass is 367 g/mol. The van der Waals surface area contributed by atoms with E-state index < -0.39 is 10.0 Å². The van der Waals surface area contributed by atoms with Gasteiger partial charge in [-0.15, -0.1) is 0 Å². The number of carbonyl (C=O) groups is 1. The third-order valence-corrected chi connectivity index (χ3v) is 6.10. The lowest BCUT2D eigenvalue weighted by atomic mass is 9.84. The van der Waals surface area contributed by atoms with Gasteiger partial charge in [0.2, 0.25) is 15.9 Å². The van der Waals surface area contributed by atoms with Gasteiger partial charge in [-0.3, -0.25) is 9.52 Å². The van der Waals surface area contributed by atoms with Crippen LogP contribution < -0.4 is 15.4 Å². The first kappa shape index (κ1) is 19.7. The highest BCUT2D eigenvalue weighted by Gasteiger charge is 2.22. The lowest BCUT2D eigenvalue weighted by Gasteiger charge is -2.27. The van der Waals surface area contributed by atoms with E-state index in [1.54, 1.807) is 24.3 Å². The van der Waals surface area contributed by atoms with Gasteiger partial charge in [0.25, 0.3) is 0 Å². The molecule has 1 fully saturated rings. The Kier molecular flexibility index (Phi) is 7.25. The van der Waals surface area contributed by atoms with Crippen LogP contribution in [0.5, 0.6) is 0 Å². The van der Waals surface area contributed by atoms with Crippen molar-refractivity contribution in [2.75, 3.05) is 28.9 Å². The molecule has 140 valence electrons. The highest BCUT2D eigenvalue weighted by atomic mass is 32.2. The van der Waals surface area contributed by atoms with Gasteiger partial charge in [-0.25, -0.2) is 8.42 Å². The molecule has 6 nitrogen and oxygen atoms in total. The molecule has 1 amide bonds. The standard InChI is InChI=1S/C18H29N3O3S/c1-3-12-25(23,24)21-17-6-4-16(5-7-17)20-18(22)13-14(2)15-8-10-19-11-9-15/h4-7,14-15,19,21H,3,8-13H2,1-2H3,(H,20,22). The summed E-state index contributed by atoms with van der Waals surface area (Å²) < 4.78 is 26.0. The van der Waals surface area contributed by atoms with Gasteiger partial charge in [-0.1, -0.05) is 13.8 Å². The van der Waals surface area contributed by atoms with Gasteiger partial charge in [0, 0.05) is 17.8 Å². The minimum Gasteiger partial charge on any atom is -0.326 e. The van der Waals surface area contributed by atoms with E-state index in [2.05, 4.69) is 22.3 Å². The van der Waals surface area contributed by atoms with Crippen molar-refractivity contribution in [2.24, 2.45) is 11.8 Å². The van der Waals surface area contributed by atoms with Crippen molar-refractivity contribution in [3.63, 3.8) is 0 Å². The van der Waals surface area contributed by atoms with E-state index >= 15 is 0 Å². The van der Waals surface area contributed by atoms with E-state index in [4.69, 9.17) is 0 Å². The molecular weight excluding hydrogens is 338 g/mol. The Bertz CT molecular complexity index is 653. The van der Waals surface area contributed by atoms with Gasteiger partial charge < -0.3 is 10.6 Å². The third-order valence-electron chi connectivity index (χ3n) is 4.61. The van der Waals surface area contributed by atoms with E-state index in [0.29, 0.717) is 36.1 Å². The number of carbonyl (C=O) groups excluding carboxylic acids is 1. The fraction of sp³-hybridized carbons (Fsp3) is 0.611. The molecule has 7 heteroatoms. The maximum atomic E-state index is 12.2. The van der Waals surface area contributed by atoms with E-state index in [-0.39, 0.29) is 11.7 Å². The van der Waals surface area contributed by atoms with E-state index in [1.165, 1.54) is 0 Å². The zero-order chi connectivity index (χ0) is 18.3. The molecule has 1 atom stereocenters. The average molecular weight is 368 g/mol. The first-order chi connectivity index (χ1) is 11.9. The summed E-state index contributed by atoms with van der Waals surface area (Å²) in [7, 11) is -3.29. The number of nitrogens with one attached hydrogen (secondary N) is 3. The predicted octanol–water partition coefficient (Wildman–Crippen LogP) is 2.80. The van der Waals surface area contributed by atoms with Crippen molar-refractivity contribution >= 4 is 27.3 Å². The number of sulfonamides is 1. The predicted molar refractivity (Wildman–Crippen MR) is 102 cm³/mol. The molecular formula is C18H29N3O3S. The fourth-order valence-corrected chi connectivity index (χ4v) is 4.34. The number of hydrogen-bond acceptors (Lipinski definition) is 4. The van der Waals surface area contributed by atoms with Crippen LogP contribution in [0.1, 0.15) is 39.5 Å². The summed E-state index contributed by atoms with van der Waals surface area (Å²) in [6.07, 6.45) is 3.33. The molecule has 0 bridgehead atoms. The van der Waals surface area contributed by atoms with Gasteiger partial charge in [0.15, 0.2) is 0 Å². The number of rotatable bonds is 8. The third kappa shape index (κ3) is 6.66. The fourth-order valence-electron chi connectivity index (χ4n) is 3.21. The van der Waals surface area contributed by atoms with Crippen LogP contribution in [0.2, 0.25) is 0 Å². The normalized spacial score (nSPS) is 17.0. The van der Waals surface area contributed by atoms with Crippen molar-refractivity contribution in [3.8, 4) is 0 Å². The van der Waals surface area contributed by atoms with Gasteiger partial charge in [0.05, 0.1) is 5.75 Å². The molecule has 0 aliphatic carbocycles. The maximum absolute atomic E-state index is 12.2. The minimum atomic E-state index is -3.29. The average Bonchev–Trinajstić information content (AvgIpc) is 2.57. The van der Waals surface area contributed by atoms with Crippen molar-refractivity contribution in [3.05, 3.63) is 24.3 Å². The zero-order valence-electron chi connectivity index (χ0n) is 15.0. The molecule has 25 heavy (non-hydrogen) atoms. The zero-order valence-corrected chi connectivity index (χ0v) is 15.9. The Balaban J connectivity index is 1.84. The summed E-state index contributed by atoms with van der Waals surface area (Å²) in [5.74, 6) is 1.06. The minimum absolute atomic E-state index is 0.00495. The highest BCUT2D eigenvalue weighted by molar-refractivity contribution is 7.92. The van der Waals surface area contributed by atoms with Crippen LogP contribution >= 0.6 is 0 Å². The summed E-state index contributed by atoms with van der Waals surface area (Å²) in [5, 5.41) is 6.24. The number of benzene rings is 1. The molecule has 1 aliphatic rings. The van der Waals surface area contributed by atoms with Crippen molar-refractivity contribution < 1.29 is 13.2 Å². The van der Waals surface area contributed by atoms with Crippen LogP contribution in [0.15, 0.2) is 24.3 Å². The maximum Gasteiger partial charge on any atom is 0.232 e. The molecule has 0 radical (unpaired) electrons. The van der Waals surface area contributed by atoms with Crippen LogP contribution in [0.25, 0.3) is 0 Å². The van der Waals surface area contributed by atoms with Crippen molar-refractivity contribution in [1.82, 2.24) is 5.32 Å². The number of amides is 1. The van der Waals surface area contributed by atoms with Gasteiger partial charge in [-0.2, -0.15) is 0 Å². The second-order valence-corrected chi connectivity index (χ2v) is 8.66. The number of hydrogen-bond donors (Lipinski definition) is 3. The molecule has 1 heterocycles. The second-order valence-electron chi connectivity index (χ2n) is 6.82. The molecule has 1 aliphatic heterocycles. The summed E-state index contributed by atoms with van der Waals surface area (Å²) in [5.41, 5.74) is 1.19. The van der Waals surface area contributed by atoms with Crippen LogP contribution in [-0.2, 0) is 14.8 Å². The quantitative estimate of drug-likeness (QED) is 0.659. The smallest absolute Gasteiger partial charge is 0.232 e. The van der Waals surface area contributed by atoms with Crippen LogP contribution in [0.4, 0.5) is 11.4 Å². The Morgan fingerprint density at radius 2 is 1.80 bits per heavy atom. The van der Waals surface area contributed by atoms with E-state index in [9.17, 15) is 13.2 Å². The Morgan fingerprint density at radius 1 is 1.20 bits per heavy atom. The SMILES string of the molecule is CCCS(=O)(=O)Nc1ccc(NC(=O)CC(C)C2CCNCC2)cc1. The second kappa shape index (κ2) is 9.20. The Labute approximate surface area is 150 Å². The summed E-state index contributed by atoms with van der Waals surface area (Å²) in [4.78, 5) is 12.2. The van der Waals surface area contributed by atoms with Crippen LogP contribution in [0.3, 0.4) is 0 Å².